The Morgan fingerprint density at radius 2 is 2.00 bits per heavy atom. The number of nitrogens with one attached hydrogen (secondary N) is 1. The first kappa shape index (κ1) is 12.6. The summed E-state index contributed by atoms with van der Waals surface area (Å²) in [4.78, 5) is 4.31. The molecule has 0 fully saturated rings. The first-order chi connectivity index (χ1) is 8.15. The fourth-order valence-corrected chi connectivity index (χ4v) is 2.02. The van der Waals surface area contributed by atoms with Crippen molar-refractivity contribution in [2.24, 2.45) is 0 Å². The summed E-state index contributed by atoms with van der Waals surface area (Å²) in [5.41, 5.74) is 3.34. The van der Waals surface area contributed by atoms with Gasteiger partial charge < -0.3 is 5.32 Å². The summed E-state index contributed by atoms with van der Waals surface area (Å²) in [5, 5.41) is 3.34. The normalized spacial score (nSPS) is 10.3. The van der Waals surface area contributed by atoms with Gasteiger partial charge in [-0.1, -0.05) is 22.0 Å². The van der Waals surface area contributed by atoms with Gasteiger partial charge in [0, 0.05) is 20.8 Å². The number of nitrogens with zero attached hydrogens (tertiary/aromatic N) is 1. The van der Waals surface area contributed by atoms with Crippen LogP contribution in [-0.2, 0) is 6.54 Å². The molecule has 0 aliphatic carbocycles. The molecule has 17 heavy (non-hydrogen) atoms. The van der Waals surface area contributed by atoms with E-state index in [2.05, 4.69) is 67.3 Å². The lowest BCUT2D eigenvalue weighted by molar-refractivity contribution is 1.04. The third-order valence-electron chi connectivity index (χ3n) is 2.43. The van der Waals surface area contributed by atoms with Crippen LogP contribution in [0.1, 0.15) is 11.3 Å². The molecule has 0 saturated heterocycles. The molecular weight excluding hydrogens is 344 g/mol. The SMILES string of the molecule is Cc1ccc(NCc2ccc(Br)cn2)cc1Br. The van der Waals surface area contributed by atoms with Crippen LogP contribution in [0, 0.1) is 6.92 Å². The van der Waals surface area contributed by atoms with Crippen molar-refractivity contribution in [3.05, 3.63) is 56.7 Å². The number of hydrogen-bond acceptors (Lipinski definition) is 2. The van der Waals surface area contributed by atoms with Crippen LogP contribution < -0.4 is 5.32 Å². The van der Waals surface area contributed by atoms with Crippen LogP contribution in [0.5, 0.6) is 0 Å². The van der Waals surface area contributed by atoms with E-state index in [1.807, 2.05) is 18.3 Å². The third-order valence-corrected chi connectivity index (χ3v) is 3.76. The second-order valence-corrected chi connectivity index (χ2v) is 5.56. The van der Waals surface area contributed by atoms with Crippen molar-refractivity contribution in [1.82, 2.24) is 4.98 Å². The average molecular weight is 356 g/mol. The Morgan fingerprint density at radius 1 is 1.18 bits per heavy atom. The molecule has 0 unspecified atom stereocenters. The van der Waals surface area contributed by atoms with Gasteiger partial charge in [-0.3, -0.25) is 4.98 Å². The Kier molecular flexibility index (Phi) is 4.18. The van der Waals surface area contributed by atoms with Crippen molar-refractivity contribution in [3.8, 4) is 0 Å². The van der Waals surface area contributed by atoms with E-state index < -0.39 is 0 Å². The quantitative estimate of drug-likeness (QED) is 0.875. The minimum absolute atomic E-state index is 0.725. The van der Waals surface area contributed by atoms with E-state index in [-0.39, 0.29) is 0 Å². The van der Waals surface area contributed by atoms with Crippen LogP contribution in [0.15, 0.2) is 45.5 Å². The summed E-state index contributed by atoms with van der Waals surface area (Å²) in [6.07, 6.45) is 1.81. The van der Waals surface area contributed by atoms with Crippen molar-refractivity contribution in [3.63, 3.8) is 0 Å². The van der Waals surface area contributed by atoms with Gasteiger partial charge in [0.2, 0.25) is 0 Å². The molecule has 0 radical (unpaired) electrons. The molecule has 2 rings (SSSR count). The standard InChI is InChI=1S/C13H12Br2N2/c1-9-2-4-11(6-13(9)15)17-8-12-5-3-10(14)7-16-12/h2-7,17H,8H2,1H3. The molecule has 0 aliphatic heterocycles. The van der Waals surface area contributed by atoms with E-state index in [0.29, 0.717) is 0 Å². The Labute approximate surface area is 118 Å². The second kappa shape index (κ2) is 5.65. The molecule has 88 valence electrons. The summed E-state index contributed by atoms with van der Waals surface area (Å²) in [6.45, 7) is 2.80. The summed E-state index contributed by atoms with van der Waals surface area (Å²) >= 11 is 6.89. The Morgan fingerprint density at radius 3 is 2.65 bits per heavy atom. The number of aromatic nitrogens is 1. The predicted molar refractivity (Wildman–Crippen MR) is 78.1 cm³/mol. The topological polar surface area (TPSA) is 24.9 Å². The van der Waals surface area contributed by atoms with E-state index >= 15 is 0 Å². The Balaban J connectivity index is 2.02. The maximum atomic E-state index is 4.31. The van der Waals surface area contributed by atoms with E-state index in [1.54, 1.807) is 0 Å². The van der Waals surface area contributed by atoms with Crippen molar-refractivity contribution < 1.29 is 0 Å². The highest BCUT2D eigenvalue weighted by molar-refractivity contribution is 9.10. The zero-order valence-corrected chi connectivity index (χ0v) is 12.5. The average Bonchev–Trinajstić information content (AvgIpc) is 2.33. The maximum absolute atomic E-state index is 4.31. The molecule has 1 heterocycles. The van der Waals surface area contributed by atoms with Crippen LogP contribution in [0.4, 0.5) is 5.69 Å². The molecule has 0 bridgehead atoms. The molecule has 4 heteroatoms. The molecule has 2 aromatic rings. The lowest BCUT2D eigenvalue weighted by atomic mass is 10.2. The first-order valence-electron chi connectivity index (χ1n) is 5.25. The van der Waals surface area contributed by atoms with Crippen molar-refractivity contribution in [2.45, 2.75) is 13.5 Å². The second-order valence-electron chi connectivity index (χ2n) is 3.79. The number of pyridine rings is 1. The van der Waals surface area contributed by atoms with Crippen LogP contribution in [0.2, 0.25) is 0 Å². The first-order valence-corrected chi connectivity index (χ1v) is 6.84. The molecule has 0 spiro atoms. The number of aryl methyl sites for hydroxylation is 1. The molecule has 2 nitrogen and oxygen atoms in total. The number of halogens is 2. The van der Waals surface area contributed by atoms with Crippen LogP contribution in [-0.4, -0.2) is 4.98 Å². The zero-order valence-electron chi connectivity index (χ0n) is 9.37. The van der Waals surface area contributed by atoms with Gasteiger partial charge in [0.05, 0.1) is 12.2 Å². The largest absolute Gasteiger partial charge is 0.379 e. The van der Waals surface area contributed by atoms with Crippen molar-refractivity contribution in [2.75, 3.05) is 5.32 Å². The molecule has 1 N–H and O–H groups in total. The monoisotopic (exact) mass is 354 g/mol. The smallest absolute Gasteiger partial charge is 0.0595 e. The summed E-state index contributed by atoms with van der Waals surface area (Å²) in [6, 6.07) is 10.2. The van der Waals surface area contributed by atoms with E-state index in [9.17, 15) is 0 Å². The predicted octanol–water partition coefficient (Wildman–Crippen LogP) is 4.53. The number of benzene rings is 1. The minimum atomic E-state index is 0.725. The molecular formula is C13H12Br2N2. The number of hydrogen-bond donors (Lipinski definition) is 1. The van der Waals surface area contributed by atoms with Gasteiger partial charge in [-0.2, -0.15) is 0 Å². The minimum Gasteiger partial charge on any atom is -0.379 e. The van der Waals surface area contributed by atoms with Gasteiger partial charge in [-0.05, 0) is 52.7 Å². The fraction of sp³-hybridized carbons (Fsp3) is 0.154. The molecule has 0 atom stereocenters. The van der Waals surface area contributed by atoms with Gasteiger partial charge in [0.1, 0.15) is 0 Å². The van der Waals surface area contributed by atoms with Crippen LogP contribution in [0.25, 0.3) is 0 Å². The molecule has 1 aromatic heterocycles. The molecule has 0 saturated carbocycles. The maximum Gasteiger partial charge on any atom is 0.0595 e. The van der Waals surface area contributed by atoms with Crippen LogP contribution in [0.3, 0.4) is 0 Å². The molecule has 1 aromatic carbocycles. The van der Waals surface area contributed by atoms with Gasteiger partial charge >= 0.3 is 0 Å². The number of rotatable bonds is 3. The lowest BCUT2D eigenvalue weighted by Gasteiger charge is -2.07. The highest BCUT2D eigenvalue weighted by Crippen LogP contribution is 2.21. The molecule has 0 amide bonds. The fourth-order valence-electron chi connectivity index (χ4n) is 1.41. The summed E-state index contributed by atoms with van der Waals surface area (Å²) < 4.78 is 2.12. The van der Waals surface area contributed by atoms with Crippen molar-refractivity contribution >= 4 is 37.5 Å². The van der Waals surface area contributed by atoms with E-state index in [0.717, 1.165) is 26.9 Å². The molecule has 0 aliphatic rings. The van der Waals surface area contributed by atoms with Crippen molar-refractivity contribution in [1.29, 1.82) is 0 Å². The highest BCUT2D eigenvalue weighted by atomic mass is 79.9. The van der Waals surface area contributed by atoms with Gasteiger partial charge in [0.15, 0.2) is 0 Å². The number of anilines is 1. The van der Waals surface area contributed by atoms with Crippen LogP contribution >= 0.6 is 31.9 Å². The van der Waals surface area contributed by atoms with E-state index in [1.165, 1.54) is 5.56 Å². The summed E-state index contributed by atoms with van der Waals surface area (Å²) in [5.74, 6) is 0. The third kappa shape index (κ3) is 3.54. The zero-order chi connectivity index (χ0) is 12.3. The van der Waals surface area contributed by atoms with Gasteiger partial charge in [-0.25, -0.2) is 0 Å². The van der Waals surface area contributed by atoms with Gasteiger partial charge in [-0.15, -0.1) is 0 Å². The Hall–Kier alpha value is -0.870. The lowest BCUT2D eigenvalue weighted by Crippen LogP contribution is -2.01. The van der Waals surface area contributed by atoms with E-state index in [4.69, 9.17) is 0 Å². The summed E-state index contributed by atoms with van der Waals surface area (Å²) in [7, 11) is 0. The highest BCUT2D eigenvalue weighted by Gasteiger charge is 1.98. The van der Waals surface area contributed by atoms with Gasteiger partial charge in [0.25, 0.3) is 0 Å². The Bertz CT molecular complexity index is 509.